The molecule has 0 aliphatic rings. The molecule has 1 rings (SSSR count). The van der Waals surface area contributed by atoms with E-state index in [0.717, 1.165) is 16.1 Å². The van der Waals surface area contributed by atoms with E-state index in [2.05, 4.69) is 0 Å². The van der Waals surface area contributed by atoms with E-state index in [0.29, 0.717) is 0 Å². The molecule has 0 aliphatic heterocycles. The van der Waals surface area contributed by atoms with Crippen LogP contribution in [0.25, 0.3) is 0 Å². The van der Waals surface area contributed by atoms with Crippen LogP contribution < -0.4 is 5.73 Å². The number of nitrogens with two attached hydrogens (primary N) is 1. The van der Waals surface area contributed by atoms with Gasteiger partial charge < -0.3 is 5.73 Å². The Morgan fingerprint density at radius 2 is 2.00 bits per heavy atom. The Bertz CT molecular complexity index is 238. The number of rotatable bonds is 1. The van der Waals surface area contributed by atoms with Crippen LogP contribution in [-0.2, 0) is 0 Å². The van der Waals surface area contributed by atoms with Gasteiger partial charge in [0, 0.05) is 11.1 Å². The van der Waals surface area contributed by atoms with Gasteiger partial charge in [0.25, 0.3) is 0 Å². The second kappa shape index (κ2) is 4.70. The van der Waals surface area contributed by atoms with Gasteiger partial charge in [-0.05, 0) is 31.0 Å². The average molecular weight is 206 g/mol. The zero-order valence-corrected chi connectivity index (χ0v) is 8.75. The van der Waals surface area contributed by atoms with Gasteiger partial charge in [-0.25, -0.2) is 0 Å². The van der Waals surface area contributed by atoms with Gasteiger partial charge in [-0.3, -0.25) is 0 Å². The molecule has 1 nitrogen and oxygen atoms in total. The molecule has 0 amide bonds. The summed E-state index contributed by atoms with van der Waals surface area (Å²) in [5.41, 5.74) is 7.94. The van der Waals surface area contributed by atoms with E-state index in [1.165, 1.54) is 0 Å². The number of hydrogen-bond acceptors (Lipinski definition) is 1. The highest BCUT2D eigenvalue weighted by Gasteiger charge is 2.06. The third kappa shape index (κ3) is 2.37. The van der Waals surface area contributed by atoms with Crippen LogP contribution in [0.4, 0.5) is 0 Å². The molecule has 1 atom stereocenters. The van der Waals surface area contributed by atoms with Gasteiger partial charge in [0.2, 0.25) is 0 Å². The molecular formula is C9H13Cl2N. The fourth-order valence-corrected chi connectivity index (χ4v) is 1.62. The van der Waals surface area contributed by atoms with Crippen LogP contribution in [0.5, 0.6) is 0 Å². The Kier molecular flexibility index (Phi) is 4.61. The molecule has 0 heterocycles. The molecular weight excluding hydrogens is 193 g/mol. The van der Waals surface area contributed by atoms with E-state index in [1.54, 1.807) is 0 Å². The molecule has 0 aromatic heterocycles. The van der Waals surface area contributed by atoms with E-state index >= 15 is 0 Å². The van der Waals surface area contributed by atoms with E-state index in [4.69, 9.17) is 17.3 Å². The van der Waals surface area contributed by atoms with Crippen molar-refractivity contribution in [1.29, 1.82) is 0 Å². The minimum absolute atomic E-state index is 0. The van der Waals surface area contributed by atoms with Gasteiger partial charge in [0.1, 0.15) is 0 Å². The van der Waals surface area contributed by atoms with Crippen LogP contribution in [-0.4, -0.2) is 0 Å². The van der Waals surface area contributed by atoms with Crippen molar-refractivity contribution >= 4 is 24.0 Å². The summed E-state index contributed by atoms with van der Waals surface area (Å²) in [7, 11) is 0. The maximum atomic E-state index is 5.94. The molecule has 0 aliphatic carbocycles. The summed E-state index contributed by atoms with van der Waals surface area (Å²) in [6, 6.07) is 5.84. The van der Waals surface area contributed by atoms with E-state index in [1.807, 2.05) is 32.0 Å². The second-order valence-corrected chi connectivity index (χ2v) is 3.17. The monoisotopic (exact) mass is 205 g/mol. The van der Waals surface area contributed by atoms with Gasteiger partial charge in [0.15, 0.2) is 0 Å². The van der Waals surface area contributed by atoms with Crippen LogP contribution in [0.2, 0.25) is 5.02 Å². The zero-order chi connectivity index (χ0) is 8.43. The lowest BCUT2D eigenvalue weighted by molar-refractivity contribution is 0.810. The largest absolute Gasteiger partial charge is 0.324 e. The maximum absolute atomic E-state index is 5.94. The van der Waals surface area contributed by atoms with Crippen LogP contribution in [0.3, 0.4) is 0 Å². The summed E-state index contributed by atoms with van der Waals surface area (Å²) in [4.78, 5) is 0. The molecule has 1 aromatic rings. The summed E-state index contributed by atoms with van der Waals surface area (Å²) >= 11 is 5.94. The average Bonchev–Trinajstić information content (AvgIpc) is 1.85. The SMILES string of the molecule is Cc1cccc(Cl)c1[C@H](C)N.Cl. The molecule has 0 saturated heterocycles. The van der Waals surface area contributed by atoms with Crippen molar-refractivity contribution in [3.8, 4) is 0 Å². The van der Waals surface area contributed by atoms with E-state index < -0.39 is 0 Å². The van der Waals surface area contributed by atoms with Crippen molar-refractivity contribution in [3.63, 3.8) is 0 Å². The Morgan fingerprint density at radius 3 is 2.33 bits per heavy atom. The van der Waals surface area contributed by atoms with E-state index in [9.17, 15) is 0 Å². The van der Waals surface area contributed by atoms with E-state index in [-0.39, 0.29) is 18.4 Å². The number of benzene rings is 1. The first-order valence-corrected chi connectivity index (χ1v) is 4.01. The molecule has 0 fully saturated rings. The Morgan fingerprint density at radius 1 is 1.42 bits per heavy atom. The van der Waals surface area contributed by atoms with Crippen molar-refractivity contribution in [1.82, 2.24) is 0 Å². The summed E-state index contributed by atoms with van der Waals surface area (Å²) in [6.45, 7) is 3.96. The maximum Gasteiger partial charge on any atom is 0.0456 e. The van der Waals surface area contributed by atoms with Crippen molar-refractivity contribution < 1.29 is 0 Å². The Balaban J connectivity index is 0.00000121. The summed E-state index contributed by atoms with van der Waals surface area (Å²) in [5, 5.41) is 0.764. The lowest BCUT2D eigenvalue weighted by Gasteiger charge is -2.10. The van der Waals surface area contributed by atoms with Crippen molar-refractivity contribution in [3.05, 3.63) is 34.3 Å². The van der Waals surface area contributed by atoms with Gasteiger partial charge >= 0.3 is 0 Å². The van der Waals surface area contributed by atoms with Gasteiger partial charge in [-0.15, -0.1) is 12.4 Å². The molecule has 0 radical (unpaired) electrons. The minimum atomic E-state index is 0. The minimum Gasteiger partial charge on any atom is -0.324 e. The first-order valence-electron chi connectivity index (χ1n) is 3.63. The van der Waals surface area contributed by atoms with Crippen LogP contribution >= 0.6 is 24.0 Å². The quantitative estimate of drug-likeness (QED) is 0.750. The smallest absolute Gasteiger partial charge is 0.0456 e. The third-order valence-corrected chi connectivity index (χ3v) is 2.06. The van der Waals surface area contributed by atoms with Crippen molar-refractivity contribution in [2.45, 2.75) is 19.9 Å². The zero-order valence-electron chi connectivity index (χ0n) is 7.17. The topological polar surface area (TPSA) is 26.0 Å². The lowest BCUT2D eigenvalue weighted by Crippen LogP contribution is -2.07. The molecule has 0 unspecified atom stereocenters. The van der Waals surface area contributed by atoms with Crippen LogP contribution in [0.15, 0.2) is 18.2 Å². The molecule has 1 aromatic carbocycles. The molecule has 3 heteroatoms. The molecule has 0 bridgehead atoms. The highest BCUT2D eigenvalue weighted by Crippen LogP contribution is 2.24. The van der Waals surface area contributed by atoms with Crippen LogP contribution in [0.1, 0.15) is 24.1 Å². The highest BCUT2D eigenvalue weighted by molar-refractivity contribution is 6.31. The predicted octanol–water partition coefficient (Wildman–Crippen LogP) is 3.09. The Labute approximate surface area is 84.3 Å². The molecule has 2 N–H and O–H groups in total. The highest BCUT2D eigenvalue weighted by atomic mass is 35.5. The van der Waals surface area contributed by atoms with Crippen molar-refractivity contribution in [2.24, 2.45) is 5.73 Å². The standard InChI is InChI=1S/C9H12ClN.ClH/c1-6-4-3-5-8(10)9(6)7(2)11;/h3-5,7H,11H2,1-2H3;1H/t7-;/m0./s1. The molecule has 0 spiro atoms. The summed E-state index contributed by atoms with van der Waals surface area (Å²) in [5.74, 6) is 0. The Hall–Kier alpha value is -0.240. The number of hydrogen-bond donors (Lipinski definition) is 1. The second-order valence-electron chi connectivity index (χ2n) is 2.76. The van der Waals surface area contributed by atoms with Gasteiger partial charge in [-0.2, -0.15) is 0 Å². The fourth-order valence-electron chi connectivity index (χ4n) is 1.22. The molecule has 68 valence electrons. The number of aryl methyl sites for hydroxylation is 1. The fraction of sp³-hybridized carbons (Fsp3) is 0.333. The lowest BCUT2D eigenvalue weighted by atomic mass is 10.0. The van der Waals surface area contributed by atoms with Gasteiger partial charge in [0.05, 0.1) is 0 Å². The van der Waals surface area contributed by atoms with Crippen molar-refractivity contribution in [2.75, 3.05) is 0 Å². The van der Waals surface area contributed by atoms with Gasteiger partial charge in [-0.1, -0.05) is 23.7 Å². The summed E-state index contributed by atoms with van der Waals surface area (Å²) in [6.07, 6.45) is 0. The van der Waals surface area contributed by atoms with Crippen LogP contribution in [0, 0.1) is 6.92 Å². The third-order valence-electron chi connectivity index (χ3n) is 1.73. The predicted molar refractivity (Wildman–Crippen MR) is 56.0 cm³/mol. The first kappa shape index (κ1) is 11.8. The molecule has 12 heavy (non-hydrogen) atoms. The first-order chi connectivity index (χ1) is 5.13. The summed E-state index contributed by atoms with van der Waals surface area (Å²) < 4.78 is 0. The molecule has 0 saturated carbocycles. The number of halogens is 2. The normalized spacial score (nSPS) is 12.0.